The Labute approximate surface area is 185 Å². The Morgan fingerprint density at radius 2 is 1.53 bits per heavy atom. The molecule has 0 radical (unpaired) electrons. The van der Waals surface area contributed by atoms with Crippen LogP contribution < -0.4 is 10.0 Å². The van der Waals surface area contributed by atoms with Crippen molar-refractivity contribution < 1.29 is 17.9 Å². The summed E-state index contributed by atoms with van der Waals surface area (Å²) in [4.78, 5) is 21.3. The number of aryl methyl sites for hydroxylation is 1. The molecule has 0 amide bonds. The number of hydrogen-bond acceptors (Lipinski definition) is 7. The molecule has 0 saturated carbocycles. The molecule has 1 aromatic heterocycles. The van der Waals surface area contributed by atoms with Crippen molar-refractivity contribution in [1.82, 2.24) is 9.97 Å². The summed E-state index contributed by atoms with van der Waals surface area (Å²) in [6.07, 6.45) is 0. The van der Waals surface area contributed by atoms with Crippen molar-refractivity contribution >= 4 is 44.3 Å². The first-order valence-electron chi connectivity index (χ1n) is 9.68. The van der Waals surface area contributed by atoms with Crippen LogP contribution in [0.1, 0.15) is 15.9 Å². The molecule has 0 bridgehead atoms. The standard InChI is InChI=1S/C23H20N4O4S/c1-15-8-7-9-16(14-15)32(29,30)27-22-21(25-19-12-5-6-13-20(19)26-22)24-18-11-4-3-10-17(18)23(28)31-2/h3-14H,1-2H3,(H,24,25)(H,26,27). The molecular weight excluding hydrogens is 428 g/mol. The Hall–Kier alpha value is -3.98. The van der Waals surface area contributed by atoms with Crippen LogP contribution in [0.25, 0.3) is 11.0 Å². The zero-order chi connectivity index (χ0) is 22.7. The molecule has 0 fully saturated rings. The molecule has 0 spiro atoms. The number of anilines is 3. The predicted molar refractivity (Wildman–Crippen MR) is 123 cm³/mol. The minimum Gasteiger partial charge on any atom is -0.465 e. The molecule has 3 aromatic carbocycles. The van der Waals surface area contributed by atoms with Gasteiger partial charge in [-0.05, 0) is 48.9 Å². The zero-order valence-electron chi connectivity index (χ0n) is 17.4. The molecule has 1 heterocycles. The minimum atomic E-state index is -3.93. The maximum Gasteiger partial charge on any atom is 0.339 e. The first-order valence-corrected chi connectivity index (χ1v) is 11.2. The van der Waals surface area contributed by atoms with Crippen LogP contribution in [0.4, 0.5) is 17.3 Å². The van der Waals surface area contributed by atoms with E-state index in [4.69, 9.17) is 4.74 Å². The Kier molecular flexibility index (Phi) is 5.74. The van der Waals surface area contributed by atoms with Crippen LogP contribution >= 0.6 is 0 Å². The van der Waals surface area contributed by atoms with Crippen LogP contribution in [0.5, 0.6) is 0 Å². The highest BCUT2D eigenvalue weighted by Gasteiger charge is 2.20. The van der Waals surface area contributed by atoms with Crippen molar-refractivity contribution in [2.75, 3.05) is 17.1 Å². The monoisotopic (exact) mass is 448 g/mol. The summed E-state index contributed by atoms with van der Waals surface area (Å²) in [6, 6.07) is 20.3. The minimum absolute atomic E-state index is 0.00451. The van der Waals surface area contributed by atoms with Gasteiger partial charge in [-0.25, -0.2) is 23.2 Å². The SMILES string of the molecule is COC(=O)c1ccccc1Nc1nc2ccccc2nc1NS(=O)(=O)c1cccc(C)c1. The van der Waals surface area contributed by atoms with Gasteiger partial charge in [-0.2, -0.15) is 0 Å². The van der Waals surface area contributed by atoms with Crippen LogP contribution in [0, 0.1) is 6.92 Å². The summed E-state index contributed by atoms with van der Waals surface area (Å²) in [5.41, 5.74) is 2.56. The fraction of sp³-hybridized carbons (Fsp3) is 0.0870. The number of carbonyl (C=O) groups excluding carboxylic acids is 1. The van der Waals surface area contributed by atoms with Crippen molar-refractivity contribution in [2.24, 2.45) is 0 Å². The van der Waals surface area contributed by atoms with Crippen LogP contribution in [0.3, 0.4) is 0 Å². The maximum atomic E-state index is 13.0. The fourth-order valence-corrected chi connectivity index (χ4v) is 4.25. The molecule has 0 saturated heterocycles. The molecule has 162 valence electrons. The number of ether oxygens (including phenoxy) is 1. The van der Waals surface area contributed by atoms with Crippen molar-refractivity contribution in [1.29, 1.82) is 0 Å². The van der Waals surface area contributed by atoms with E-state index in [-0.39, 0.29) is 22.1 Å². The largest absolute Gasteiger partial charge is 0.465 e. The smallest absolute Gasteiger partial charge is 0.339 e. The number of sulfonamides is 1. The van der Waals surface area contributed by atoms with Gasteiger partial charge in [0.1, 0.15) is 0 Å². The molecule has 2 N–H and O–H groups in total. The van der Waals surface area contributed by atoms with Gasteiger partial charge in [-0.3, -0.25) is 4.72 Å². The molecule has 4 aromatic rings. The average Bonchev–Trinajstić information content (AvgIpc) is 2.79. The maximum absolute atomic E-state index is 13.0. The molecular formula is C23H20N4O4S. The molecule has 0 aliphatic rings. The number of carbonyl (C=O) groups is 1. The van der Waals surface area contributed by atoms with Gasteiger partial charge in [0.15, 0.2) is 11.6 Å². The lowest BCUT2D eigenvalue weighted by atomic mass is 10.2. The highest BCUT2D eigenvalue weighted by atomic mass is 32.2. The topological polar surface area (TPSA) is 110 Å². The second-order valence-corrected chi connectivity index (χ2v) is 8.68. The van der Waals surface area contributed by atoms with E-state index in [1.54, 1.807) is 60.7 Å². The number of nitrogens with zero attached hydrogens (tertiary/aromatic N) is 2. The summed E-state index contributed by atoms with van der Waals surface area (Å²) in [7, 11) is -2.65. The van der Waals surface area contributed by atoms with Crippen molar-refractivity contribution in [3.8, 4) is 0 Å². The van der Waals surface area contributed by atoms with E-state index in [2.05, 4.69) is 20.0 Å². The summed E-state index contributed by atoms with van der Waals surface area (Å²) in [5.74, 6) is -0.384. The van der Waals surface area contributed by atoms with Gasteiger partial charge in [-0.1, -0.05) is 36.4 Å². The van der Waals surface area contributed by atoms with E-state index in [1.165, 1.54) is 13.2 Å². The van der Waals surface area contributed by atoms with Crippen LogP contribution in [-0.2, 0) is 14.8 Å². The lowest BCUT2D eigenvalue weighted by Crippen LogP contribution is -2.16. The predicted octanol–water partition coefficient (Wildman–Crippen LogP) is 4.27. The Morgan fingerprint density at radius 1 is 0.875 bits per heavy atom. The third-order valence-electron chi connectivity index (χ3n) is 4.69. The fourth-order valence-electron chi connectivity index (χ4n) is 3.13. The molecule has 0 aliphatic carbocycles. The zero-order valence-corrected chi connectivity index (χ0v) is 18.2. The summed E-state index contributed by atoms with van der Waals surface area (Å²) < 4.78 is 33.4. The van der Waals surface area contributed by atoms with E-state index in [0.717, 1.165) is 5.56 Å². The lowest BCUT2D eigenvalue weighted by Gasteiger charge is -2.15. The third kappa shape index (κ3) is 4.37. The Morgan fingerprint density at radius 3 is 2.22 bits per heavy atom. The summed E-state index contributed by atoms with van der Waals surface area (Å²) >= 11 is 0. The van der Waals surface area contributed by atoms with Gasteiger partial charge in [0, 0.05) is 0 Å². The number of fused-ring (bicyclic) bond motifs is 1. The van der Waals surface area contributed by atoms with Crippen LogP contribution in [-0.4, -0.2) is 31.5 Å². The Bertz CT molecular complexity index is 1420. The molecule has 0 atom stereocenters. The van der Waals surface area contributed by atoms with Crippen molar-refractivity contribution in [3.63, 3.8) is 0 Å². The summed E-state index contributed by atoms with van der Waals surface area (Å²) in [6.45, 7) is 1.81. The quantitative estimate of drug-likeness (QED) is 0.424. The van der Waals surface area contributed by atoms with Gasteiger partial charge >= 0.3 is 5.97 Å². The van der Waals surface area contributed by atoms with Gasteiger partial charge in [0.05, 0.1) is 34.3 Å². The van der Waals surface area contributed by atoms with Crippen molar-refractivity contribution in [2.45, 2.75) is 11.8 Å². The Balaban J connectivity index is 1.81. The number of hydrogen-bond donors (Lipinski definition) is 2. The third-order valence-corrected chi connectivity index (χ3v) is 6.02. The molecule has 4 rings (SSSR count). The number of rotatable bonds is 6. The second-order valence-electron chi connectivity index (χ2n) is 6.99. The molecule has 8 nitrogen and oxygen atoms in total. The van der Waals surface area contributed by atoms with Crippen LogP contribution in [0.15, 0.2) is 77.7 Å². The van der Waals surface area contributed by atoms with E-state index < -0.39 is 16.0 Å². The highest BCUT2D eigenvalue weighted by Crippen LogP contribution is 2.29. The van der Waals surface area contributed by atoms with E-state index in [1.807, 2.05) is 13.0 Å². The van der Waals surface area contributed by atoms with Gasteiger partial charge < -0.3 is 10.1 Å². The first-order chi connectivity index (χ1) is 15.4. The number of methoxy groups -OCH3 is 1. The highest BCUT2D eigenvalue weighted by molar-refractivity contribution is 7.92. The second kappa shape index (κ2) is 8.64. The van der Waals surface area contributed by atoms with Gasteiger partial charge in [-0.15, -0.1) is 0 Å². The molecule has 32 heavy (non-hydrogen) atoms. The lowest BCUT2D eigenvalue weighted by molar-refractivity contribution is 0.0602. The number of esters is 1. The number of nitrogens with one attached hydrogen (secondary N) is 2. The molecule has 0 aliphatic heterocycles. The molecule has 9 heteroatoms. The average molecular weight is 449 g/mol. The number of para-hydroxylation sites is 3. The van der Waals surface area contributed by atoms with E-state index in [0.29, 0.717) is 16.7 Å². The normalized spacial score (nSPS) is 11.2. The first kappa shape index (κ1) is 21.3. The van der Waals surface area contributed by atoms with E-state index >= 15 is 0 Å². The number of benzene rings is 3. The van der Waals surface area contributed by atoms with Gasteiger partial charge in [0.2, 0.25) is 0 Å². The van der Waals surface area contributed by atoms with Crippen molar-refractivity contribution in [3.05, 3.63) is 83.9 Å². The summed E-state index contributed by atoms with van der Waals surface area (Å²) in [5, 5.41) is 3.03. The van der Waals surface area contributed by atoms with Gasteiger partial charge in [0.25, 0.3) is 10.0 Å². The van der Waals surface area contributed by atoms with E-state index in [9.17, 15) is 13.2 Å². The molecule has 0 unspecified atom stereocenters. The van der Waals surface area contributed by atoms with Crippen LogP contribution in [0.2, 0.25) is 0 Å². The number of aromatic nitrogens is 2.